The molecule has 2 aromatic heterocycles. The zero-order valence-electron chi connectivity index (χ0n) is 23.8. The molecule has 16 heteroatoms. The van der Waals surface area contributed by atoms with Crippen LogP contribution in [0.5, 0.6) is 5.75 Å². The van der Waals surface area contributed by atoms with Crippen molar-refractivity contribution in [1.82, 2.24) is 45.9 Å². The molecular formula is C29H27Cl2N9O5. The first kappa shape index (κ1) is 31.5. The molecule has 2 atom stereocenters. The number of nitrogens with one attached hydrogen (secondary N) is 2. The fraction of sp³-hybridized carbons (Fsp3) is 0.241. The first-order chi connectivity index (χ1) is 21.7. The number of aromatic nitrogens is 6. The minimum Gasteiger partial charge on any atom is -0.410 e. The Morgan fingerprint density at radius 3 is 2.62 bits per heavy atom. The highest BCUT2D eigenvalue weighted by molar-refractivity contribution is 6.31. The summed E-state index contributed by atoms with van der Waals surface area (Å²) in [5, 5.41) is 35.1. The Hall–Kier alpha value is -4.92. The minimum absolute atomic E-state index is 0.00216. The van der Waals surface area contributed by atoms with Crippen LogP contribution in [0.15, 0.2) is 60.9 Å². The molecule has 1 fully saturated rings. The zero-order valence-corrected chi connectivity index (χ0v) is 25.3. The van der Waals surface area contributed by atoms with Crippen molar-refractivity contribution in [3.63, 3.8) is 0 Å². The Labute approximate surface area is 267 Å². The van der Waals surface area contributed by atoms with E-state index in [2.05, 4.69) is 36.4 Å². The molecule has 0 saturated carbocycles. The maximum absolute atomic E-state index is 13.3. The van der Waals surface area contributed by atoms with E-state index in [-0.39, 0.29) is 24.0 Å². The molecule has 45 heavy (non-hydrogen) atoms. The van der Waals surface area contributed by atoms with E-state index in [1.165, 1.54) is 24.1 Å². The van der Waals surface area contributed by atoms with Crippen molar-refractivity contribution in [3.8, 4) is 22.7 Å². The number of ether oxygens (including phenoxy) is 1. The number of nitrogens with zero attached hydrogens (tertiary/aromatic N) is 7. The Balaban J connectivity index is 1.42. The van der Waals surface area contributed by atoms with E-state index >= 15 is 0 Å². The zero-order chi connectivity index (χ0) is 31.9. The summed E-state index contributed by atoms with van der Waals surface area (Å²) in [6.07, 6.45) is 3.36. The van der Waals surface area contributed by atoms with Crippen molar-refractivity contribution < 1.29 is 24.2 Å². The highest BCUT2D eigenvalue weighted by atomic mass is 35.5. The van der Waals surface area contributed by atoms with Crippen molar-refractivity contribution >= 4 is 47.2 Å². The largest absolute Gasteiger partial charge is 0.412 e. The molecule has 0 radical (unpaired) electrons. The van der Waals surface area contributed by atoms with Gasteiger partial charge in [0.05, 0.1) is 29.9 Å². The average Bonchev–Trinajstić information content (AvgIpc) is 3.73. The number of likely N-dealkylation sites (tertiary alicyclic amines) is 1. The van der Waals surface area contributed by atoms with E-state index < -0.39 is 24.1 Å². The van der Waals surface area contributed by atoms with Crippen LogP contribution in [-0.2, 0) is 9.59 Å². The summed E-state index contributed by atoms with van der Waals surface area (Å²) in [7, 11) is 1.45. The van der Waals surface area contributed by atoms with Gasteiger partial charge in [-0.25, -0.2) is 4.79 Å². The van der Waals surface area contributed by atoms with Gasteiger partial charge in [-0.2, -0.15) is 4.68 Å². The molecule has 0 bridgehead atoms. The standard InChI is InChI=1S/C29H27Cl2N9O5/c1-32-29(44)45-21-6-2-17(3-7-21)23-13-22(28(31)36-35-23)24(14-27(43)39-11-10-20(41)15-39)34-26(42)9-4-18-12-19(30)5-8-25(18)40-16-33-37-38-40/h2-9,12-13,16,20,24,41H,10-11,14-15H2,1H3,(H,32,44)(H,34,42)/b9-4+. The third-order valence-electron chi connectivity index (χ3n) is 6.93. The molecule has 232 valence electrons. The summed E-state index contributed by atoms with van der Waals surface area (Å²) in [4.78, 5) is 39.6. The fourth-order valence-electron chi connectivity index (χ4n) is 4.66. The molecule has 3 amide bonds. The van der Waals surface area contributed by atoms with E-state index in [4.69, 9.17) is 27.9 Å². The number of aliphatic hydroxyl groups excluding tert-OH is 1. The number of hydrogen-bond acceptors (Lipinski definition) is 10. The molecule has 1 saturated heterocycles. The van der Waals surface area contributed by atoms with E-state index in [1.54, 1.807) is 59.5 Å². The average molecular weight is 652 g/mol. The van der Waals surface area contributed by atoms with Gasteiger partial charge in [0.15, 0.2) is 5.15 Å². The molecule has 1 aliphatic heterocycles. The first-order valence-corrected chi connectivity index (χ1v) is 14.5. The summed E-state index contributed by atoms with van der Waals surface area (Å²) in [6.45, 7) is 0.597. The number of aliphatic hydroxyl groups is 1. The molecular weight excluding hydrogens is 625 g/mol. The van der Waals surface area contributed by atoms with Crippen LogP contribution in [0, 0.1) is 0 Å². The van der Waals surface area contributed by atoms with Crippen LogP contribution in [0.4, 0.5) is 4.79 Å². The van der Waals surface area contributed by atoms with Crippen LogP contribution < -0.4 is 15.4 Å². The molecule has 1 aliphatic rings. The van der Waals surface area contributed by atoms with Gasteiger partial charge in [0.25, 0.3) is 0 Å². The molecule has 3 heterocycles. The third-order valence-corrected chi connectivity index (χ3v) is 7.46. The third kappa shape index (κ3) is 7.98. The molecule has 2 unspecified atom stereocenters. The van der Waals surface area contributed by atoms with E-state index in [0.29, 0.717) is 51.8 Å². The molecule has 2 aromatic carbocycles. The van der Waals surface area contributed by atoms with E-state index in [1.807, 2.05) is 0 Å². The summed E-state index contributed by atoms with van der Waals surface area (Å²) in [6, 6.07) is 12.3. The van der Waals surface area contributed by atoms with Crippen molar-refractivity contribution in [2.45, 2.75) is 25.0 Å². The lowest BCUT2D eigenvalue weighted by molar-refractivity contribution is -0.131. The lowest BCUT2D eigenvalue weighted by Crippen LogP contribution is -2.35. The second-order valence-electron chi connectivity index (χ2n) is 9.98. The molecule has 14 nitrogen and oxygen atoms in total. The Morgan fingerprint density at radius 1 is 1.13 bits per heavy atom. The van der Waals surface area contributed by atoms with E-state index in [9.17, 15) is 19.5 Å². The van der Waals surface area contributed by atoms with Gasteiger partial charge in [-0.3, -0.25) is 9.59 Å². The highest BCUT2D eigenvalue weighted by Crippen LogP contribution is 2.30. The fourth-order valence-corrected chi connectivity index (χ4v) is 5.07. The number of β-amino-alcohol motifs (C(OH)–C–C–N with tert-alkyl or cyclic N) is 1. The number of benzene rings is 2. The molecule has 0 spiro atoms. The van der Waals surface area contributed by atoms with Crippen molar-refractivity contribution in [2.24, 2.45) is 0 Å². The number of tetrazole rings is 1. The van der Waals surface area contributed by atoms with Crippen molar-refractivity contribution in [2.75, 3.05) is 20.1 Å². The summed E-state index contributed by atoms with van der Waals surface area (Å²) in [5.74, 6) is -0.484. The number of amides is 3. The topological polar surface area (TPSA) is 177 Å². The Kier molecular flexibility index (Phi) is 9.97. The van der Waals surface area contributed by atoms with Crippen LogP contribution in [0.2, 0.25) is 10.2 Å². The molecule has 3 N–H and O–H groups in total. The van der Waals surface area contributed by atoms with Gasteiger partial charge >= 0.3 is 6.09 Å². The number of carbonyl (C=O) groups is 3. The highest BCUT2D eigenvalue weighted by Gasteiger charge is 2.29. The lowest BCUT2D eigenvalue weighted by Gasteiger charge is -2.23. The number of rotatable bonds is 9. The second kappa shape index (κ2) is 14.2. The molecule has 5 rings (SSSR count). The van der Waals surface area contributed by atoms with Crippen molar-refractivity contribution in [3.05, 3.63) is 82.2 Å². The SMILES string of the molecule is CNC(=O)Oc1ccc(-c2cc(C(CC(=O)N3CCC(O)C3)NC(=O)/C=C/c3cc(Cl)ccc3-n3cnnn3)c(Cl)nn2)cc1. The number of halogens is 2. The summed E-state index contributed by atoms with van der Waals surface area (Å²) >= 11 is 12.7. The second-order valence-corrected chi connectivity index (χ2v) is 10.8. The minimum atomic E-state index is -0.900. The van der Waals surface area contributed by atoms with Gasteiger partial charge in [0, 0.05) is 47.9 Å². The monoisotopic (exact) mass is 651 g/mol. The van der Waals surface area contributed by atoms with Gasteiger partial charge < -0.3 is 25.4 Å². The molecule has 0 aliphatic carbocycles. The predicted molar refractivity (Wildman–Crippen MR) is 163 cm³/mol. The van der Waals surface area contributed by atoms with Gasteiger partial charge in [-0.05, 0) is 71.5 Å². The lowest BCUT2D eigenvalue weighted by atomic mass is 10.0. The predicted octanol–water partition coefficient (Wildman–Crippen LogP) is 3.00. The normalized spacial score (nSPS) is 15.2. The van der Waals surface area contributed by atoms with Crippen LogP contribution in [0.1, 0.15) is 30.0 Å². The van der Waals surface area contributed by atoms with Gasteiger partial charge in [-0.15, -0.1) is 15.3 Å². The van der Waals surface area contributed by atoms with Crippen LogP contribution >= 0.6 is 23.2 Å². The maximum Gasteiger partial charge on any atom is 0.412 e. The Morgan fingerprint density at radius 2 is 1.93 bits per heavy atom. The van der Waals surface area contributed by atoms with Gasteiger partial charge in [-0.1, -0.05) is 23.2 Å². The number of hydrogen-bond donors (Lipinski definition) is 3. The van der Waals surface area contributed by atoms with Gasteiger partial charge in [0.2, 0.25) is 11.8 Å². The Bertz CT molecular complexity index is 1720. The molecule has 4 aromatic rings. The van der Waals surface area contributed by atoms with Gasteiger partial charge in [0.1, 0.15) is 12.1 Å². The maximum atomic E-state index is 13.3. The van der Waals surface area contributed by atoms with Crippen LogP contribution in [0.3, 0.4) is 0 Å². The smallest absolute Gasteiger partial charge is 0.410 e. The number of carbonyl (C=O) groups excluding carboxylic acids is 3. The van der Waals surface area contributed by atoms with Crippen molar-refractivity contribution in [1.29, 1.82) is 0 Å². The van der Waals surface area contributed by atoms with Crippen LogP contribution in [0.25, 0.3) is 23.0 Å². The summed E-state index contributed by atoms with van der Waals surface area (Å²) in [5.41, 5.74) is 2.55. The van der Waals surface area contributed by atoms with E-state index in [0.717, 1.165) is 0 Å². The summed E-state index contributed by atoms with van der Waals surface area (Å²) < 4.78 is 6.56. The first-order valence-electron chi connectivity index (χ1n) is 13.7. The quantitative estimate of drug-likeness (QED) is 0.228. The van der Waals surface area contributed by atoms with Crippen LogP contribution in [-0.4, -0.2) is 84.6 Å².